The van der Waals surface area contributed by atoms with Gasteiger partial charge in [-0.15, -0.1) is 0 Å². The first-order valence-corrected chi connectivity index (χ1v) is 6.84. The van der Waals surface area contributed by atoms with Crippen molar-refractivity contribution in [2.45, 2.75) is 6.92 Å². The van der Waals surface area contributed by atoms with E-state index in [9.17, 15) is 9.59 Å². The van der Waals surface area contributed by atoms with E-state index >= 15 is 0 Å². The molecule has 0 spiro atoms. The van der Waals surface area contributed by atoms with E-state index in [1.165, 1.54) is 20.3 Å². The van der Waals surface area contributed by atoms with Crippen LogP contribution >= 0.6 is 0 Å². The number of carbonyl (C=O) groups excluding carboxylic acids is 1. The highest BCUT2D eigenvalue weighted by Crippen LogP contribution is 2.28. The van der Waals surface area contributed by atoms with Crippen molar-refractivity contribution in [2.24, 2.45) is 0 Å². The number of benzene rings is 2. The van der Waals surface area contributed by atoms with Gasteiger partial charge >= 0.3 is 5.97 Å². The average Bonchev–Trinajstić information content (AvgIpc) is 2.55. The van der Waals surface area contributed by atoms with Crippen LogP contribution in [0.15, 0.2) is 36.4 Å². The number of ether oxygens (including phenoxy) is 2. The van der Waals surface area contributed by atoms with Crippen molar-refractivity contribution in [3.05, 3.63) is 53.1 Å². The number of methoxy groups -OCH3 is 2. The highest BCUT2D eigenvalue weighted by Gasteiger charge is 2.14. The van der Waals surface area contributed by atoms with E-state index in [-0.39, 0.29) is 11.5 Å². The molecule has 0 heterocycles. The summed E-state index contributed by atoms with van der Waals surface area (Å²) >= 11 is 0. The first kappa shape index (κ1) is 16.4. The Morgan fingerprint density at radius 1 is 1.04 bits per heavy atom. The van der Waals surface area contributed by atoms with Crippen LogP contribution in [0.25, 0.3) is 0 Å². The SMILES string of the molecule is COc1ccc(C(=O)Nc2cccc(C(=O)O)c2C)cc1OC. The van der Waals surface area contributed by atoms with Gasteiger partial charge in [0.05, 0.1) is 19.8 Å². The molecule has 0 saturated heterocycles. The molecule has 0 fully saturated rings. The Balaban J connectivity index is 2.29. The van der Waals surface area contributed by atoms with E-state index in [0.29, 0.717) is 28.3 Å². The van der Waals surface area contributed by atoms with E-state index in [4.69, 9.17) is 14.6 Å². The van der Waals surface area contributed by atoms with Crippen LogP contribution in [0.2, 0.25) is 0 Å². The zero-order chi connectivity index (χ0) is 17.0. The first-order chi connectivity index (χ1) is 11.0. The van der Waals surface area contributed by atoms with Gasteiger partial charge in [-0.05, 0) is 42.8 Å². The molecule has 0 aliphatic heterocycles. The van der Waals surface area contributed by atoms with Crippen LogP contribution in [0.5, 0.6) is 11.5 Å². The Morgan fingerprint density at radius 3 is 2.35 bits per heavy atom. The van der Waals surface area contributed by atoms with E-state index in [0.717, 1.165) is 0 Å². The molecule has 0 radical (unpaired) electrons. The minimum absolute atomic E-state index is 0.148. The van der Waals surface area contributed by atoms with Gasteiger partial charge in [-0.2, -0.15) is 0 Å². The number of aromatic carboxylic acids is 1. The van der Waals surface area contributed by atoms with Gasteiger partial charge in [-0.25, -0.2) is 4.79 Å². The lowest BCUT2D eigenvalue weighted by Gasteiger charge is -2.12. The molecule has 2 N–H and O–H groups in total. The number of rotatable bonds is 5. The Kier molecular flexibility index (Phi) is 4.85. The summed E-state index contributed by atoms with van der Waals surface area (Å²) in [6.45, 7) is 1.65. The van der Waals surface area contributed by atoms with Gasteiger partial charge in [-0.1, -0.05) is 6.07 Å². The van der Waals surface area contributed by atoms with Gasteiger partial charge in [0.25, 0.3) is 5.91 Å². The van der Waals surface area contributed by atoms with E-state index in [1.54, 1.807) is 37.3 Å². The lowest BCUT2D eigenvalue weighted by molar-refractivity contribution is 0.0695. The number of nitrogens with one attached hydrogen (secondary N) is 1. The third-order valence-corrected chi connectivity index (χ3v) is 3.46. The average molecular weight is 315 g/mol. The van der Waals surface area contributed by atoms with Crippen LogP contribution in [0.1, 0.15) is 26.3 Å². The maximum absolute atomic E-state index is 12.4. The summed E-state index contributed by atoms with van der Waals surface area (Å²) in [5.41, 5.74) is 1.47. The van der Waals surface area contributed by atoms with Crippen molar-refractivity contribution < 1.29 is 24.2 Å². The molecule has 120 valence electrons. The molecule has 0 saturated carbocycles. The fraction of sp³-hybridized carbons (Fsp3) is 0.176. The fourth-order valence-electron chi connectivity index (χ4n) is 2.17. The van der Waals surface area contributed by atoms with Crippen molar-refractivity contribution in [1.82, 2.24) is 0 Å². The van der Waals surface area contributed by atoms with Gasteiger partial charge in [0.2, 0.25) is 0 Å². The predicted molar refractivity (Wildman–Crippen MR) is 85.6 cm³/mol. The second-order valence-corrected chi connectivity index (χ2v) is 4.81. The summed E-state index contributed by atoms with van der Waals surface area (Å²) in [7, 11) is 3.00. The van der Waals surface area contributed by atoms with Crippen LogP contribution in [-0.2, 0) is 0 Å². The maximum Gasteiger partial charge on any atom is 0.336 e. The summed E-state index contributed by atoms with van der Waals surface area (Å²) in [5, 5.41) is 11.8. The molecule has 0 aromatic heterocycles. The summed E-state index contributed by atoms with van der Waals surface area (Å²) in [5.74, 6) is -0.439. The molecule has 0 unspecified atom stereocenters. The minimum Gasteiger partial charge on any atom is -0.493 e. The van der Waals surface area contributed by atoms with Crippen LogP contribution in [0.4, 0.5) is 5.69 Å². The molecule has 0 aliphatic carbocycles. The fourth-order valence-corrected chi connectivity index (χ4v) is 2.17. The van der Waals surface area contributed by atoms with Crippen molar-refractivity contribution in [1.29, 1.82) is 0 Å². The third-order valence-electron chi connectivity index (χ3n) is 3.46. The topological polar surface area (TPSA) is 84.9 Å². The number of hydrogen-bond acceptors (Lipinski definition) is 4. The largest absolute Gasteiger partial charge is 0.493 e. The molecule has 0 bridgehead atoms. The summed E-state index contributed by atoms with van der Waals surface area (Å²) < 4.78 is 10.3. The van der Waals surface area contributed by atoms with E-state index in [1.807, 2.05) is 0 Å². The highest BCUT2D eigenvalue weighted by molar-refractivity contribution is 6.05. The van der Waals surface area contributed by atoms with Gasteiger partial charge < -0.3 is 19.9 Å². The molecule has 1 amide bonds. The van der Waals surface area contributed by atoms with Crippen LogP contribution in [0, 0.1) is 6.92 Å². The predicted octanol–water partition coefficient (Wildman–Crippen LogP) is 2.96. The molecular weight excluding hydrogens is 298 g/mol. The smallest absolute Gasteiger partial charge is 0.336 e. The lowest BCUT2D eigenvalue weighted by Crippen LogP contribution is -2.14. The van der Waals surface area contributed by atoms with Crippen LogP contribution < -0.4 is 14.8 Å². The molecular formula is C17H17NO5. The highest BCUT2D eigenvalue weighted by atomic mass is 16.5. The molecule has 0 aliphatic rings. The Bertz CT molecular complexity index is 755. The third kappa shape index (κ3) is 3.42. The molecule has 0 atom stereocenters. The second kappa shape index (κ2) is 6.83. The number of carboxylic acids is 1. The number of carboxylic acid groups (broad SMARTS) is 1. The standard InChI is InChI=1S/C17H17NO5/c1-10-12(17(20)21)5-4-6-13(10)18-16(19)11-7-8-14(22-2)15(9-11)23-3/h4-9H,1-3H3,(H,18,19)(H,20,21). The molecule has 2 aromatic rings. The molecule has 2 rings (SSSR count). The number of anilines is 1. The van der Waals surface area contributed by atoms with Crippen molar-refractivity contribution in [2.75, 3.05) is 19.5 Å². The van der Waals surface area contributed by atoms with E-state index < -0.39 is 5.97 Å². The van der Waals surface area contributed by atoms with Crippen molar-refractivity contribution >= 4 is 17.6 Å². The first-order valence-electron chi connectivity index (χ1n) is 6.84. The Labute approximate surface area is 133 Å². The molecule has 6 heteroatoms. The Morgan fingerprint density at radius 2 is 1.74 bits per heavy atom. The van der Waals surface area contributed by atoms with Gasteiger partial charge in [0.15, 0.2) is 11.5 Å². The van der Waals surface area contributed by atoms with Crippen LogP contribution in [-0.4, -0.2) is 31.2 Å². The summed E-state index contributed by atoms with van der Waals surface area (Å²) in [4.78, 5) is 23.5. The minimum atomic E-state index is -1.04. The van der Waals surface area contributed by atoms with Crippen molar-refractivity contribution in [3.8, 4) is 11.5 Å². The maximum atomic E-state index is 12.4. The molecule has 23 heavy (non-hydrogen) atoms. The molecule has 2 aromatic carbocycles. The van der Waals surface area contributed by atoms with Gasteiger partial charge in [0, 0.05) is 11.3 Å². The zero-order valence-corrected chi connectivity index (χ0v) is 13.0. The normalized spacial score (nSPS) is 10.0. The second-order valence-electron chi connectivity index (χ2n) is 4.81. The lowest BCUT2D eigenvalue weighted by atomic mass is 10.1. The number of carbonyl (C=O) groups is 2. The molecule has 6 nitrogen and oxygen atoms in total. The Hall–Kier alpha value is -3.02. The van der Waals surface area contributed by atoms with Gasteiger partial charge in [0.1, 0.15) is 0 Å². The summed E-state index contributed by atoms with van der Waals surface area (Å²) in [6.07, 6.45) is 0. The van der Waals surface area contributed by atoms with Gasteiger partial charge in [-0.3, -0.25) is 4.79 Å². The number of amides is 1. The zero-order valence-electron chi connectivity index (χ0n) is 13.0. The monoisotopic (exact) mass is 315 g/mol. The van der Waals surface area contributed by atoms with Crippen molar-refractivity contribution in [3.63, 3.8) is 0 Å². The quantitative estimate of drug-likeness (QED) is 0.886. The number of hydrogen-bond donors (Lipinski definition) is 2. The van der Waals surface area contributed by atoms with Crippen LogP contribution in [0.3, 0.4) is 0 Å². The summed E-state index contributed by atoms with van der Waals surface area (Å²) in [6, 6.07) is 9.52. The van der Waals surface area contributed by atoms with E-state index in [2.05, 4.69) is 5.32 Å².